The third-order valence-electron chi connectivity index (χ3n) is 5.88. The van der Waals surface area contributed by atoms with Crippen LogP contribution in [0.2, 0.25) is 0 Å². The third-order valence-corrected chi connectivity index (χ3v) is 6.75. The summed E-state index contributed by atoms with van der Waals surface area (Å²) in [6.45, 7) is 4.61. The van der Waals surface area contributed by atoms with Crippen molar-refractivity contribution in [1.82, 2.24) is 9.88 Å². The summed E-state index contributed by atoms with van der Waals surface area (Å²) in [5, 5.41) is 4.04. The zero-order chi connectivity index (χ0) is 20.7. The van der Waals surface area contributed by atoms with E-state index in [2.05, 4.69) is 26.9 Å². The number of nitrogen functional groups attached to an aromatic ring is 1. The summed E-state index contributed by atoms with van der Waals surface area (Å²) in [5.74, 6) is -0.169. The summed E-state index contributed by atoms with van der Waals surface area (Å²) >= 11 is 1.58. The normalized spacial score (nSPS) is 15.3. The van der Waals surface area contributed by atoms with Crippen molar-refractivity contribution in [3.63, 3.8) is 0 Å². The molecule has 5 nitrogen and oxygen atoms in total. The van der Waals surface area contributed by atoms with Crippen molar-refractivity contribution in [2.45, 2.75) is 6.42 Å². The van der Waals surface area contributed by atoms with Crippen LogP contribution in [0.3, 0.4) is 0 Å². The van der Waals surface area contributed by atoms with Crippen LogP contribution in [0.15, 0.2) is 52.6 Å². The Morgan fingerprint density at radius 3 is 2.70 bits per heavy atom. The molecule has 4 aromatic rings. The molecule has 0 bridgehead atoms. The van der Waals surface area contributed by atoms with Gasteiger partial charge in [-0.3, -0.25) is 9.69 Å². The lowest BCUT2D eigenvalue weighted by Gasteiger charge is -2.36. The Kier molecular flexibility index (Phi) is 4.92. The van der Waals surface area contributed by atoms with E-state index in [1.165, 1.54) is 11.6 Å². The van der Waals surface area contributed by atoms with Crippen molar-refractivity contribution in [3.05, 3.63) is 69.6 Å². The molecular weight excluding hydrogens is 399 g/mol. The smallest absolute Gasteiger partial charge is 0.250 e. The molecule has 1 saturated heterocycles. The molecule has 7 heteroatoms. The van der Waals surface area contributed by atoms with Gasteiger partial charge in [-0.05, 0) is 41.6 Å². The quantitative estimate of drug-likeness (QED) is 0.525. The van der Waals surface area contributed by atoms with Crippen LogP contribution in [-0.4, -0.2) is 42.6 Å². The first-order valence-corrected chi connectivity index (χ1v) is 11.0. The fraction of sp³-hybridized carbons (Fsp3) is 0.261. The number of fused-ring (bicyclic) bond motifs is 2. The van der Waals surface area contributed by atoms with E-state index in [0.29, 0.717) is 5.69 Å². The number of piperazine rings is 1. The van der Waals surface area contributed by atoms with Crippen molar-refractivity contribution >= 4 is 43.7 Å². The van der Waals surface area contributed by atoms with E-state index < -0.39 is 0 Å². The molecule has 0 unspecified atom stereocenters. The summed E-state index contributed by atoms with van der Waals surface area (Å²) in [6, 6.07) is 12.8. The van der Waals surface area contributed by atoms with Gasteiger partial charge in [-0.15, -0.1) is 11.3 Å². The molecule has 3 heterocycles. The van der Waals surface area contributed by atoms with Crippen molar-refractivity contribution in [2.24, 2.45) is 0 Å². The van der Waals surface area contributed by atoms with Crippen LogP contribution in [0.1, 0.15) is 5.56 Å². The lowest BCUT2D eigenvalue weighted by Crippen LogP contribution is -2.47. The zero-order valence-corrected chi connectivity index (χ0v) is 17.3. The monoisotopic (exact) mass is 422 g/mol. The largest absolute Gasteiger partial charge is 0.398 e. The number of H-pyrrole nitrogens is 1. The molecule has 0 amide bonds. The summed E-state index contributed by atoms with van der Waals surface area (Å²) < 4.78 is 15.0. The number of hydrogen-bond donors (Lipinski definition) is 2. The molecule has 5 rings (SSSR count). The lowest BCUT2D eigenvalue weighted by molar-refractivity contribution is 0.261. The highest BCUT2D eigenvalue weighted by Crippen LogP contribution is 2.32. The van der Waals surface area contributed by atoms with E-state index in [0.717, 1.165) is 65.8 Å². The maximum absolute atomic E-state index is 14.0. The predicted octanol–water partition coefficient (Wildman–Crippen LogP) is 3.83. The van der Waals surface area contributed by atoms with Crippen LogP contribution in [0.25, 0.3) is 21.0 Å². The number of aromatic nitrogens is 1. The highest BCUT2D eigenvalue weighted by Gasteiger charge is 2.19. The molecule has 1 fully saturated rings. The molecule has 0 spiro atoms. The van der Waals surface area contributed by atoms with Gasteiger partial charge in [0.1, 0.15) is 5.82 Å². The number of aromatic amines is 1. The Morgan fingerprint density at radius 1 is 1.03 bits per heavy atom. The first-order valence-electron chi connectivity index (χ1n) is 10.1. The summed E-state index contributed by atoms with van der Waals surface area (Å²) in [7, 11) is 0. The topological polar surface area (TPSA) is 65.4 Å². The molecule has 154 valence electrons. The lowest BCUT2D eigenvalue weighted by atomic mass is 10.1. The van der Waals surface area contributed by atoms with Gasteiger partial charge in [-0.2, -0.15) is 0 Å². The second kappa shape index (κ2) is 7.74. The Hall–Kier alpha value is -2.90. The molecular formula is C23H23FN4OS. The van der Waals surface area contributed by atoms with Crippen molar-refractivity contribution < 1.29 is 4.39 Å². The molecule has 1 aliphatic rings. The van der Waals surface area contributed by atoms with E-state index in [9.17, 15) is 9.18 Å². The highest BCUT2D eigenvalue weighted by atomic mass is 32.1. The number of benzene rings is 2. The molecule has 0 radical (unpaired) electrons. The van der Waals surface area contributed by atoms with E-state index in [-0.39, 0.29) is 11.4 Å². The predicted molar refractivity (Wildman–Crippen MR) is 123 cm³/mol. The van der Waals surface area contributed by atoms with Crippen molar-refractivity contribution in [2.75, 3.05) is 43.4 Å². The SMILES string of the molecule is Nc1cc(=O)[nH]c2cc(CCN3CCN(c4cc(F)cc5sccc45)CC3)ccc12. The van der Waals surface area contributed by atoms with Gasteiger partial charge >= 0.3 is 0 Å². The fourth-order valence-corrected chi connectivity index (χ4v) is 5.10. The molecule has 30 heavy (non-hydrogen) atoms. The van der Waals surface area contributed by atoms with Crippen LogP contribution in [0, 0.1) is 5.82 Å². The number of thiophene rings is 1. The molecule has 2 aromatic carbocycles. The number of nitrogens with zero attached hydrogens (tertiary/aromatic N) is 2. The van der Waals surface area contributed by atoms with Crippen LogP contribution in [-0.2, 0) is 6.42 Å². The van der Waals surface area contributed by atoms with Crippen LogP contribution in [0.4, 0.5) is 15.8 Å². The first-order chi connectivity index (χ1) is 14.6. The minimum Gasteiger partial charge on any atom is -0.398 e. The molecule has 0 saturated carbocycles. The number of nitrogens with two attached hydrogens (primary N) is 1. The minimum absolute atomic E-state index is 0.169. The van der Waals surface area contributed by atoms with Gasteiger partial charge in [0.25, 0.3) is 0 Å². The summed E-state index contributed by atoms with van der Waals surface area (Å²) in [6.07, 6.45) is 0.904. The number of anilines is 2. The molecule has 0 aliphatic carbocycles. The number of nitrogens with one attached hydrogen (secondary N) is 1. The molecule has 3 N–H and O–H groups in total. The average molecular weight is 423 g/mol. The van der Waals surface area contributed by atoms with Crippen LogP contribution in [0.5, 0.6) is 0 Å². The van der Waals surface area contributed by atoms with Gasteiger partial charge in [0.05, 0.1) is 5.52 Å². The van der Waals surface area contributed by atoms with Crippen LogP contribution < -0.4 is 16.2 Å². The summed E-state index contributed by atoms with van der Waals surface area (Å²) in [4.78, 5) is 19.3. The standard InChI is InChI=1S/C23H23FN4OS/c24-16-12-21(18-4-10-30-22(18)13-16)28-8-6-27(7-9-28)5-3-15-1-2-17-19(25)14-23(29)26-20(17)11-15/h1-2,4,10-14H,3,5-9H2,(H3,25,26,29). The number of halogens is 1. The first kappa shape index (κ1) is 19.1. The van der Waals surface area contributed by atoms with E-state index in [1.807, 2.05) is 17.5 Å². The highest BCUT2D eigenvalue weighted by molar-refractivity contribution is 7.17. The van der Waals surface area contributed by atoms with Crippen molar-refractivity contribution in [3.8, 4) is 0 Å². The maximum Gasteiger partial charge on any atom is 0.250 e. The number of rotatable bonds is 4. The third kappa shape index (κ3) is 3.66. The van der Waals surface area contributed by atoms with Gasteiger partial charge in [0.15, 0.2) is 0 Å². The Bertz CT molecular complexity index is 1270. The van der Waals surface area contributed by atoms with Gasteiger partial charge in [0, 0.05) is 65.6 Å². The number of hydrogen-bond acceptors (Lipinski definition) is 5. The van der Waals surface area contributed by atoms with Gasteiger partial charge in [-0.25, -0.2) is 4.39 Å². The Balaban J connectivity index is 1.24. The molecule has 0 atom stereocenters. The maximum atomic E-state index is 14.0. The summed E-state index contributed by atoms with van der Waals surface area (Å²) in [5.41, 5.74) is 9.24. The van der Waals surface area contributed by atoms with E-state index in [4.69, 9.17) is 5.73 Å². The van der Waals surface area contributed by atoms with Crippen molar-refractivity contribution in [1.29, 1.82) is 0 Å². The van der Waals surface area contributed by atoms with Gasteiger partial charge in [0.2, 0.25) is 5.56 Å². The molecule has 2 aromatic heterocycles. The van der Waals surface area contributed by atoms with Crippen LogP contribution >= 0.6 is 11.3 Å². The number of pyridine rings is 1. The Morgan fingerprint density at radius 2 is 1.87 bits per heavy atom. The van der Waals surface area contributed by atoms with Gasteiger partial charge < -0.3 is 15.6 Å². The van der Waals surface area contributed by atoms with E-state index in [1.54, 1.807) is 23.5 Å². The fourth-order valence-electron chi connectivity index (χ4n) is 4.27. The minimum atomic E-state index is -0.176. The zero-order valence-electron chi connectivity index (χ0n) is 16.5. The average Bonchev–Trinajstić information content (AvgIpc) is 3.20. The Labute approximate surface area is 177 Å². The van der Waals surface area contributed by atoms with E-state index >= 15 is 0 Å². The second-order valence-electron chi connectivity index (χ2n) is 7.80. The second-order valence-corrected chi connectivity index (χ2v) is 8.75. The molecule has 1 aliphatic heterocycles. The van der Waals surface area contributed by atoms with Gasteiger partial charge in [-0.1, -0.05) is 12.1 Å².